The minimum absolute atomic E-state index is 0.101. The lowest BCUT2D eigenvalue weighted by Crippen LogP contribution is -2.26. The van der Waals surface area contributed by atoms with Gasteiger partial charge in [0.2, 0.25) is 0 Å². The predicted molar refractivity (Wildman–Crippen MR) is 54.7 cm³/mol. The third kappa shape index (κ3) is 1.31. The van der Waals surface area contributed by atoms with E-state index in [1.54, 1.807) is 0 Å². The van der Waals surface area contributed by atoms with E-state index < -0.39 is 9.84 Å². The van der Waals surface area contributed by atoms with Crippen molar-refractivity contribution in [1.29, 1.82) is 0 Å². The molecule has 0 aromatic heterocycles. The van der Waals surface area contributed by atoms with Crippen LogP contribution < -0.4 is 0 Å². The molecule has 1 aliphatic heterocycles. The normalized spacial score (nSPS) is 43.8. The Kier molecular flexibility index (Phi) is 2.03. The van der Waals surface area contributed by atoms with Crippen molar-refractivity contribution in [2.24, 2.45) is 16.7 Å². The van der Waals surface area contributed by atoms with E-state index in [1.165, 1.54) is 0 Å². The van der Waals surface area contributed by atoms with Gasteiger partial charge in [-0.3, -0.25) is 0 Å². The van der Waals surface area contributed by atoms with Crippen molar-refractivity contribution in [3.05, 3.63) is 0 Å². The molecule has 0 radical (unpaired) electrons. The molecule has 0 amide bonds. The van der Waals surface area contributed by atoms with E-state index in [4.69, 9.17) is 0 Å². The number of hydrogen-bond acceptors (Lipinski definition) is 3. The Morgan fingerprint density at radius 3 is 2.29 bits per heavy atom. The second kappa shape index (κ2) is 2.73. The summed E-state index contributed by atoms with van der Waals surface area (Å²) in [7, 11) is -2.81. The van der Waals surface area contributed by atoms with Crippen LogP contribution in [0.2, 0.25) is 0 Å². The summed E-state index contributed by atoms with van der Waals surface area (Å²) in [5, 5.41) is 9.43. The highest BCUT2D eigenvalue weighted by atomic mass is 32.2. The van der Waals surface area contributed by atoms with Crippen molar-refractivity contribution in [3.8, 4) is 0 Å². The van der Waals surface area contributed by atoms with Gasteiger partial charge in [-0.1, -0.05) is 13.8 Å². The molecule has 14 heavy (non-hydrogen) atoms. The van der Waals surface area contributed by atoms with Crippen LogP contribution in [0.25, 0.3) is 0 Å². The summed E-state index contributed by atoms with van der Waals surface area (Å²) in [5.41, 5.74) is 0.0306. The molecule has 2 atom stereocenters. The van der Waals surface area contributed by atoms with E-state index in [0.717, 1.165) is 12.8 Å². The van der Waals surface area contributed by atoms with Crippen molar-refractivity contribution in [3.63, 3.8) is 0 Å². The highest BCUT2D eigenvalue weighted by molar-refractivity contribution is 7.91. The number of sulfone groups is 1. The topological polar surface area (TPSA) is 54.4 Å². The maximum absolute atomic E-state index is 11.4. The first-order valence-corrected chi connectivity index (χ1v) is 6.96. The zero-order valence-corrected chi connectivity index (χ0v) is 9.60. The van der Waals surface area contributed by atoms with E-state index in [1.807, 2.05) is 0 Å². The van der Waals surface area contributed by atoms with Crippen molar-refractivity contribution in [1.82, 2.24) is 0 Å². The summed E-state index contributed by atoms with van der Waals surface area (Å²) in [4.78, 5) is 0. The molecule has 1 aliphatic carbocycles. The van der Waals surface area contributed by atoms with Crippen molar-refractivity contribution in [2.75, 3.05) is 18.1 Å². The van der Waals surface area contributed by atoms with Crippen LogP contribution >= 0.6 is 0 Å². The van der Waals surface area contributed by atoms with Crippen molar-refractivity contribution in [2.45, 2.75) is 26.7 Å². The third-order valence-electron chi connectivity index (χ3n) is 4.28. The van der Waals surface area contributed by atoms with Gasteiger partial charge in [-0.2, -0.15) is 0 Å². The fourth-order valence-electron chi connectivity index (χ4n) is 3.07. The van der Waals surface area contributed by atoms with Gasteiger partial charge in [0.1, 0.15) is 0 Å². The van der Waals surface area contributed by atoms with Crippen LogP contribution in [0.1, 0.15) is 26.7 Å². The molecule has 0 aromatic carbocycles. The lowest BCUT2D eigenvalue weighted by atomic mass is 9.83. The smallest absolute Gasteiger partial charge is 0.150 e. The lowest BCUT2D eigenvalue weighted by molar-refractivity contribution is 0.132. The maximum atomic E-state index is 11.4. The van der Waals surface area contributed by atoms with E-state index in [0.29, 0.717) is 5.75 Å². The fourth-order valence-corrected chi connectivity index (χ4v) is 4.98. The molecule has 4 heteroatoms. The van der Waals surface area contributed by atoms with Crippen LogP contribution in [0.3, 0.4) is 0 Å². The Morgan fingerprint density at radius 2 is 2.00 bits per heavy atom. The molecular weight excluding hydrogens is 200 g/mol. The highest BCUT2D eigenvalue weighted by Gasteiger charge is 2.65. The Morgan fingerprint density at radius 1 is 1.43 bits per heavy atom. The zero-order valence-electron chi connectivity index (χ0n) is 8.78. The van der Waals surface area contributed by atoms with E-state index >= 15 is 0 Å². The predicted octanol–water partition coefficient (Wildman–Crippen LogP) is 0.830. The molecule has 2 aliphatic rings. The Labute approximate surface area is 85.4 Å². The number of hydrogen-bond donors (Lipinski definition) is 1. The average molecular weight is 218 g/mol. The summed E-state index contributed by atoms with van der Waals surface area (Å²) in [6.07, 6.45) is 1.71. The largest absolute Gasteiger partial charge is 0.396 e. The molecule has 2 fully saturated rings. The van der Waals surface area contributed by atoms with Crippen LogP contribution in [0, 0.1) is 16.7 Å². The van der Waals surface area contributed by atoms with Gasteiger partial charge in [-0.25, -0.2) is 8.42 Å². The fraction of sp³-hybridized carbons (Fsp3) is 1.00. The van der Waals surface area contributed by atoms with Crippen LogP contribution in [0.5, 0.6) is 0 Å². The SMILES string of the molecule is CC1(C)CC1(CO)C1CCS(=O)(=O)C1. The van der Waals surface area contributed by atoms with Gasteiger partial charge in [0.05, 0.1) is 11.5 Å². The second-order valence-electron chi connectivity index (χ2n) is 5.47. The zero-order chi connectivity index (χ0) is 10.6. The third-order valence-corrected chi connectivity index (χ3v) is 6.04. The van der Waals surface area contributed by atoms with Gasteiger partial charge in [0, 0.05) is 12.0 Å². The average Bonchev–Trinajstić information content (AvgIpc) is 2.43. The molecule has 0 spiro atoms. The minimum atomic E-state index is -2.81. The van der Waals surface area contributed by atoms with Gasteiger partial charge >= 0.3 is 0 Å². The molecule has 1 saturated carbocycles. The van der Waals surface area contributed by atoms with Gasteiger partial charge < -0.3 is 5.11 Å². The summed E-state index contributed by atoms with van der Waals surface area (Å²) < 4.78 is 22.7. The first-order chi connectivity index (χ1) is 6.33. The monoisotopic (exact) mass is 218 g/mol. The molecule has 2 rings (SSSR count). The molecule has 82 valence electrons. The summed E-state index contributed by atoms with van der Waals surface area (Å²) >= 11 is 0. The van der Waals surface area contributed by atoms with Crippen molar-refractivity contribution < 1.29 is 13.5 Å². The molecule has 1 N–H and O–H groups in total. The van der Waals surface area contributed by atoms with E-state index in [-0.39, 0.29) is 29.1 Å². The lowest BCUT2D eigenvalue weighted by Gasteiger charge is -2.23. The summed E-state index contributed by atoms with van der Waals surface area (Å²) in [6, 6.07) is 0. The standard InChI is InChI=1S/C10H18O3S/c1-9(2)6-10(9,7-11)8-3-4-14(12,13)5-8/h8,11H,3-7H2,1-2H3. The summed E-state index contributed by atoms with van der Waals surface area (Å²) in [6.45, 7) is 4.38. The van der Waals surface area contributed by atoms with Crippen LogP contribution in [-0.2, 0) is 9.84 Å². The van der Waals surface area contributed by atoms with Crippen LogP contribution in [-0.4, -0.2) is 31.6 Å². The Balaban J connectivity index is 2.18. The van der Waals surface area contributed by atoms with Gasteiger partial charge in [-0.15, -0.1) is 0 Å². The van der Waals surface area contributed by atoms with Crippen LogP contribution in [0.4, 0.5) is 0 Å². The molecule has 3 nitrogen and oxygen atoms in total. The number of aliphatic hydroxyl groups is 1. The molecular formula is C10H18O3S. The number of aliphatic hydroxyl groups excluding tert-OH is 1. The first-order valence-electron chi connectivity index (χ1n) is 5.14. The Hall–Kier alpha value is -0.0900. The van der Waals surface area contributed by atoms with Gasteiger partial charge in [-0.05, 0) is 24.2 Å². The molecule has 1 heterocycles. The second-order valence-corrected chi connectivity index (χ2v) is 7.70. The van der Waals surface area contributed by atoms with E-state index in [2.05, 4.69) is 13.8 Å². The quantitative estimate of drug-likeness (QED) is 0.747. The highest BCUT2D eigenvalue weighted by Crippen LogP contribution is 2.68. The maximum Gasteiger partial charge on any atom is 0.150 e. The van der Waals surface area contributed by atoms with E-state index in [9.17, 15) is 13.5 Å². The minimum Gasteiger partial charge on any atom is -0.396 e. The molecule has 1 saturated heterocycles. The molecule has 2 unspecified atom stereocenters. The Bertz CT molecular complexity index is 344. The van der Waals surface area contributed by atoms with Crippen LogP contribution in [0.15, 0.2) is 0 Å². The molecule has 0 aromatic rings. The van der Waals surface area contributed by atoms with Gasteiger partial charge in [0.15, 0.2) is 9.84 Å². The summed E-state index contributed by atoms with van der Waals surface area (Å²) in [5.74, 6) is 0.791. The van der Waals surface area contributed by atoms with Crippen molar-refractivity contribution >= 4 is 9.84 Å². The van der Waals surface area contributed by atoms with Gasteiger partial charge in [0.25, 0.3) is 0 Å². The molecule has 0 bridgehead atoms. The first kappa shape index (κ1) is 10.4. The number of rotatable bonds is 2.